The summed E-state index contributed by atoms with van der Waals surface area (Å²) in [5.41, 5.74) is 4.95. The standard InChI is InChI=1S/C35H46N2O5/c1-38-19-7-17-37-18-21-41-34-16-11-28(22-33(34)37)25-42-35-24-36-30(23-32(35)29-12-14-31(39-2)15-13-29)26-40-20-6-10-27-8-4-3-5-9-27/h3-5,8-9,11-16,22,30,32,35-36H,6-7,10,17-21,23-26H2,1-2H3/t30-,32+,35-/m0/s1. The fourth-order valence-electron chi connectivity index (χ4n) is 5.96. The number of anilines is 1. The van der Waals surface area contributed by atoms with Crippen molar-refractivity contribution in [3.05, 3.63) is 89.5 Å². The van der Waals surface area contributed by atoms with Crippen molar-refractivity contribution in [2.45, 2.75) is 50.4 Å². The highest BCUT2D eigenvalue weighted by Crippen LogP contribution is 2.35. The van der Waals surface area contributed by atoms with Crippen molar-refractivity contribution in [2.24, 2.45) is 0 Å². The highest BCUT2D eigenvalue weighted by Gasteiger charge is 2.32. The van der Waals surface area contributed by atoms with Gasteiger partial charge in [0.15, 0.2) is 0 Å². The minimum Gasteiger partial charge on any atom is -0.497 e. The Hall–Kier alpha value is -3.10. The van der Waals surface area contributed by atoms with Gasteiger partial charge in [-0.15, -0.1) is 0 Å². The van der Waals surface area contributed by atoms with Crippen LogP contribution in [0.5, 0.6) is 11.5 Å². The number of benzene rings is 3. The first-order valence-corrected chi connectivity index (χ1v) is 15.3. The predicted molar refractivity (Wildman–Crippen MR) is 167 cm³/mol. The van der Waals surface area contributed by atoms with Crippen LogP contribution in [-0.4, -0.2) is 72.4 Å². The van der Waals surface area contributed by atoms with Gasteiger partial charge >= 0.3 is 0 Å². The van der Waals surface area contributed by atoms with E-state index in [0.717, 1.165) is 81.3 Å². The van der Waals surface area contributed by atoms with Gasteiger partial charge in [-0.05, 0) is 66.6 Å². The van der Waals surface area contributed by atoms with E-state index in [2.05, 4.69) is 70.9 Å². The number of nitrogens with one attached hydrogen (secondary N) is 1. The molecule has 2 heterocycles. The summed E-state index contributed by atoms with van der Waals surface area (Å²) in [7, 11) is 3.46. The Kier molecular flexibility index (Phi) is 11.5. The number of piperidine rings is 1. The highest BCUT2D eigenvalue weighted by molar-refractivity contribution is 5.61. The molecule has 2 aliphatic rings. The zero-order valence-corrected chi connectivity index (χ0v) is 25.1. The first-order valence-electron chi connectivity index (χ1n) is 15.3. The second-order valence-electron chi connectivity index (χ2n) is 11.2. The Morgan fingerprint density at radius 3 is 2.60 bits per heavy atom. The van der Waals surface area contributed by atoms with Gasteiger partial charge in [-0.25, -0.2) is 0 Å². The Morgan fingerprint density at radius 1 is 0.929 bits per heavy atom. The van der Waals surface area contributed by atoms with Gasteiger partial charge in [0, 0.05) is 45.4 Å². The van der Waals surface area contributed by atoms with E-state index in [1.54, 1.807) is 14.2 Å². The minimum atomic E-state index is 0.0535. The van der Waals surface area contributed by atoms with Crippen LogP contribution < -0.4 is 19.7 Å². The molecule has 0 bridgehead atoms. The van der Waals surface area contributed by atoms with Crippen LogP contribution in [0, 0.1) is 0 Å². The fourth-order valence-corrected chi connectivity index (χ4v) is 5.96. The van der Waals surface area contributed by atoms with Crippen molar-refractivity contribution in [3.8, 4) is 11.5 Å². The normalized spacial score (nSPS) is 20.1. The number of nitrogens with zero attached hydrogens (tertiary/aromatic N) is 1. The van der Waals surface area contributed by atoms with Crippen molar-refractivity contribution in [1.82, 2.24) is 5.32 Å². The molecule has 0 saturated carbocycles. The molecule has 3 aromatic rings. The lowest BCUT2D eigenvalue weighted by atomic mass is 9.84. The van der Waals surface area contributed by atoms with Gasteiger partial charge in [-0.2, -0.15) is 0 Å². The van der Waals surface area contributed by atoms with E-state index in [-0.39, 0.29) is 18.1 Å². The van der Waals surface area contributed by atoms with Crippen LogP contribution in [0.25, 0.3) is 0 Å². The van der Waals surface area contributed by atoms with E-state index in [1.165, 1.54) is 11.1 Å². The SMILES string of the molecule is COCCCN1CCOc2ccc(CO[C@H]3CN[C@H](COCCCc4ccccc4)C[C@@H]3c3ccc(OC)cc3)cc21. The lowest BCUT2D eigenvalue weighted by molar-refractivity contribution is -0.00727. The fraction of sp³-hybridized carbons (Fsp3) is 0.486. The predicted octanol–water partition coefficient (Wildman–Crippen LogP) is 5.61. The van der Waals surface area contributed by atoms with Crippen LogP contribution in [0.3, 0.4) is 0 Å². The molecule has 0 amide bonds. The number of hydrogen-bond donors (Lipinski definition) is 1. The van der Waals surface area contributed by atoms with Gasteiger partial charge in [0.1, 0.15) is 18.1 Å². The molecule has 226 valence electrons. The molecule has 3 aromatic carbocycles. The second-order valence-corrected chi connectivity index (χ2v) is 11.2. The highest BCUT2D eigenvalue weighted by atomic mass is 16.5. The summed E-state index contributed by atoms with van der Waals surface area (Å²) in [5, 5.41) is 3.71. The van der Waals surface area contributed by atoms with Crippen molar-refractivity contribution in [3.63, 3.8) is 0 Å². The van der Waals surface area contributed by atoms with Crippen LogP contribution in [0.2, 0.25) is 0 Å². The van der Waals surface area contributed by atoms with Gasteiger partial charge in [-0.1, -0.05) is 48.5 Å². The smallest absolute Gasteiger partial charge is 0.142 e. The van der Waals surface area contributed by atoms with Crippen LogP contribution in [0.1, 0.15) is 41.9 Å². The summed E-state index contributed by atoms with van der Waals surface area (Å²) in [4.78, 5) is 2.40. The lowest BCUT2D eigenvalue weighted by Gasteiger charge is -2.37. The molecule has 1 N–H and O–H groups in total. The number of ether oxygens (including phenoxy) is 5. The average Bonchev–Trinajstić information content (AvgIpc) is 3.04. The molecule has 1 saturated heterocycles. The Morgan fingerprint density at radius 2 is 1.79 bits per heavy atom. The maximum absolute atomic E-state index is 6.64. The van der Waals surface area contributed by atoms with E-state index in [1.807, 2.05) is 12.1 Å². The van der Waals surface area contributed by atoms with Crippen molar-refractivity contribution in [2.75, 3.05) is 65.2 Å². The van der Waals surface area contributed by atoms with Crippen LogP contribution in [0.4, 0.5) is 5.69 Å². The molecule has 0 spiro atoms. The molecule has 0 aliphatic carbocycles. The van der Waals surface area contributed by atoms with E-state index in [0.29, 0.717) is 19.8 Å². The number of methoxy groups -OCH3 is 2. The molecule has 42 heavy (non-hydrogen) atoms. The van der Waals surface area contributed by atoms with Crippen LogP contribution in [0.15, 0.2) is 72.8 Å². The monoisotopic (exact) mass is 574 g/mol. The van der Waals surface area contributed by atoms with E-state index < -0.39 is 0 Å². The Labute approximate surface area is 251 Å². The van der Waals surface area contributed by atoms with Crippen molar-refractivity contribution in [1.29, 1.82) is 0 Å². The van der Waals surface area contributed by atoms with Gasteiger partial charge in [-0.3, -0.25) is 0 Å². The van der Waals surface area contributed by atoms with Crippen molar-refractivity contribution < 1.29 is 23.7 Å². The summed E-state index contributed by atoms with van der Waals surface area (Å²) < 4.78 is 29.4. The maximum Gasteiger partial charge on any atom is 0.142 e. The van der Waals surface area contributed by atoms with E-state index >= 15 is 0 Å². The third-order valence-corrected chi connectivity index (χ3v) is 8.28. The molecule has 2 aliphatic heterocycles. The van der Waals surface area contributed by atoms with E-state index in [4.69, 9.17) is 23.7 Å². The van der Waals surface area contributed by atoms with Crippen molar-refractivity contribution >= 4 is 5.69 Å². The topological polar surface area (TPSA) is 61.4 Å². The molecular formula is C35H46N2O5. The second kappa shape index (κ2) is 15.9. The van der Waals surface area contributed by atoms with Gasteiger partial charge < -0.3 is 33.9 Å². The summed E-state index contributed by atoms with van der Waals surface area (Å²) in [5.74, 6) is 2.08. The molecule has 1 fully saturated rings. The number of hydrogen-bond acceptors (Lipinski definition) is 7. The van der Waals surface area contributed by atoms with Gasteiger partial charge in [0.2, 0.25) is 0 Å². The largest absolute Gasteiger partial charge is 0.497 e. The molecule has 0 radical (unpaired) electrons. The summed E-state index contributed by atoms with van der Waals surface area (Å²) in [6.07, 6.45) is 4.08. The lowest BCUT2D eigenvalue weighted by Crippen LogP contribution is -2.49. The third kappa shape index (κ3) is 8.48. The Balaban J connectivity index is 1.18. The molecule has 5 rings (SSSR count). The Bertz CT molecular complexity index is 1210. The summed E-state index contributed by atoms with van der Waals surface area (Å²) in [6, 6.07) is 25.8. The summed E-state index contributed by atoms with van der Waals surface area (Å²) in [6.45, 7) is 6.13. The van der Waals surface area contributed by atoms with Gasteiger partial charge in [0.25, 0.3) is 0 Å². The molecule has 0 unspecified atom stereocenters. The van der Waals surface area contributed by atoms with E-state index in [9.17, 15) is 0 Å². The van der Waals surface area contributed by atoms with Crippen LogP contribution in [-0.2, 0) is 27.2 Å². The third-order valence-electron chi connectivity index (χ3n) is 8.28. The average molecular weight is 575 g/mol. The summed E-state index contributed by atoms with van der Waals surface area (Å²) >= 11 is 0. The number of aryl methyl sites for hydroxylation is 1. The first kappa shape index (κ1) is 30.4. The molecule has 7 heteroatoms. The molecular weight excluding hydrogens is 528 g/mol. The number of fused-ring (bicyclic) bond motifs is 1. The van der Waals surface area contributed by atoms with Gasteiger partial charge in [0.05, 0.1) is 38.7 Å². The number of rotatable bonds is 15. The molecule has 3 atom stereocenters. The quantitative estimate of drug-likeness (QED) is 0.237. The molecule has 0 aromatic heterocycles. The maximum atomic E-state index is 6.64. The zero-order valence-electron chi connectivity index (χ0n) is 25.1. The minimum absolute atomic E-state index is 0.0535. The van der Waals surface area contributed by atoms with Crippen LogP contribution >= 0.6 is 0 Å². The first-order chi connectivity index (χ1) is 20.7. The zero-order chi connectivity index (χ0) is 29.0. The molecule has 7 nitrogen and oxygen atoms in total.